The van der Waals surface area contributed by atoms with Crippen molar-refractivity contribution >= 4 is 10.0 Å². The summed E-state index contributed by atoms with van der Waals surface area (Å²) in [5, 5.41) is 0. The predicted octanol–water partition coefficient (Wildman–Crippen LogP) is 2.22. The minimum atomic E-state index is -3.51. The molecule has 4 nitrogen and oxygen atoms in total. The van der Waals surface area contributed by atoms with Crippen LogP contribution in [-0.4, -0.2) is 25.0 Å². The molecule has 1 saturated heterocycles. The Kier molecular flexibility index (Phi) is 4.43. The molecule has 1 fully saturated rings. The number of ether oxygens (including phenoxy) is 1. The van der Waals surface area contributed by atoms with Crippen molar-refractivity contribution in [1.29, 1.82) is 0 Å². The number of rotatable bonds is 2. The Balaban J connectivity index is 0.00000147. The Bertz CT molecular complexity index is 612. The van der Waals surface area contributed by atoms with Gasteiger partial charge in [-0.1, -0.05) is 17.7 Å². The van der Waals surface area contributed by atoms with E-state index in [1.807, 2.05) is 25.1 Å². The molecule has 0 aromatic heterocycles. The molecule has 0 radical (unpaired) electrons. The molecule has 1 atom stereocenters. The molecule has 6 heteroatoms. The summed E-state index contributed by atoms with van der Waals surface area (Å²) in [4.78, 5) is 0.322. The molecule has 0 saturated carbocycles. The largest absolute Gasteiger partial charge is 0.435 e. The van der Waals surface area contributed by atoms with E-state index in [0.29, 0.717) is 17.9 Å². The summed E-state index contributed by atoms with van der Waals surface area (Å²) in [6.45, 7) is 3.99. The molecule has 1 spiro atoms. The summed E-state index contributed by atoms with van der Waals surface area (Å²) in [5.74, 6) is 0. The number of aryl methyl sites for hydroxylation is 1. The van der Waals surface area contributed by atoms with Crippen molar-refractivity contribution in [2.24, 2.45) is 0 Å². The topological polar surface area (TPSA) is 46.6 Å². The van der Waals surface area contributed by atoms with Crippen LogP contribution < -0.4 is 0 Å². The summed E-state index contributed by atoms with van der Waals surface area (Å²) in [6, 6.07) is 6.93. The summed E-state index contributed by atoms with van der Waals surface area (Å²) in [6.07, 6.45) is 5.10. The predicted molar refractivity (Wildman–Crippen MR) is 71.6 cm³/mol. The van der Waals surface area contributed by atoms with Crippen molar-refractivity contribution in [3.8, 4) is 0 Å². The minimum absolute atomic E-state index is 0. The standard InChI is InChI=1S/C14H16NO3S.Pd/c1-12-4-6-13(7-5-12)19(16,17)15-10-2-8-14(15)9-3-11-18-14;/h3-7,9,11H,2,8,10H2,1H3;/q-1;/t14-;/m0./s1. The third-order valence-corrected chi connectivity index (χ3v) is 5.57. The fourth-order valence-corrected chi connectivity index (χ4v) is 4.33. The SMILES string of the molecule is Cc1ccc(S(=O)(=O)N2CCC[C@]23C=C[CH-]O3)cc1.[Pd]. The van der Waals surface area contributed by atoms with E-state index in [1.165, 1.54) is 4.31 Å². The van der Waals surface area contributed by atoms with Crippen LogP contribution in [0.2, 0.25) is 0 Å². The van der Waals surface area contributed by atoms with Crippen LogP contribution in [0.15, 0.2) is 41.3 Å². The van der Waals surface area contributed by atoms with Crippen molar-refractivity contribution in [2.75, 3.05) is 6.54 Å². The molecule has 3 rings (SSSR count). The van der Waals surface area contributed by atoms with Gasteiger partial charge >= 0.3 is 0 Å². The number of hydrogen-bond acceptors (Lipinski definition) is 3. The smallest absolute Gasteiger partial charge is 0.244 e. The van der Waals surface area contributed by atoms with E-state index in [2.05, 4.69) is 0 Å². The van der Waals surface area contributed by atoms with E-state index in [4.69, 9.17) is 4.74 Å². The maximum Gasteiger partial charge on any atom is 0.244 e. The Morgan fingerprint density at radius 2 is 2.00 bits per heavy atom. The van der Waals surface area contributed by atoms with E-state index >= 15 is 0 Å². The van der Waals surface area contributed by atoms with Crippen LogP contribution in [0.3, 0.4) is 0 Å². The molecule has 0 amide bonds. The van der Waals surface area contributed by atoms with Crippen LogP contribution in [-0.2, 0) is 35.2 Å². The third-order valence-electron chi connectivity index (χ3n) is 3.63. The Morgan fingerprint density at radius 1 is 1.30 bits per heavy atom. The van der Waals surface area contributed by atoms with Crippen molar-refractivity contribution in [1.82, 2.24) is 4.31 Å². The quantitative estimate of drug-likeness (QED) is 0.580. The fraction of sp³-hybridized carbons (Fsp3) is 0.357. The van der Waals surface area contributed by atoms with Gasteiger partial charge in [-0.15, -0.1) is 6.61 Å². The molecule has 0 aliphatic carbocycles. The zero-order valence-corrected chi connectivity index (χ0v) is 13.4. The van der Waals surface area contributed by atoms with Gasteiger partial charge < -0.3 is 4.74 Å². The van der Waals surface area contributed by atoms with E-state index in [0.717, 1.165) is 12.0 Å². The summed E-state index contributed by atoms with van der Waals surface area (Å²) < 4.78 is 32.4. The van der Waals surface area contributed by atoms with Crippen molar-refractivity contribution in [3.63, 3.8) is 0 Å². The van der Waals surface area contributed by atoms with Gasteiger partial charge in [-0.3, -0.25) is 0 Å². The monoisotopic (exact) mass is 384 g/mol. The van der Waals surface area contributed by atoms with Crippen molar-refractivity contribution < 1.29 is 33.6 Å². The van der Waals surface area contributed by atoms with Crippen LogP contribution in [0.1, 0.15) is 18.4 Å². The number of sulfonamides is 1. The number of nitrogens with zero attached hydrogens (tertiary/aromatic N) is 1. The second-order valence-electron chi connectivity index (χ2n) is 4.95. The Hall–Kier alpha value is -0.638. The summed E-state index contributed by atoms with van der Waals surface area (Å²) in [5.41, 5.74) is 0.240. The first kappa shape index (κ1) is 15.7. The second-order valence-corrected chi connectivity index (χ2v) is 6.81. The average Bonchev–Trinajstić information content (AvgIpc) is 3.01. The first-order valence-electron chi connectivity index (χ1n) is 6.33. The molecular formula is C14H16NO3PdS-. The molecule has 0 unspecified atom stereocenters. The van der Waals surface area contributed by atoms with Gasteiger partial charge in [0.05, 0.1) is 10.6 Å². The molecule has 2 aliphatic heterocycles. The van der Waals surface area contributed by atoms with Crippen molar-refractivity contribution in [3.05, 3.63) is 48.6 Å². The first-order chi connectivity index (χ1) is 9.05. The van der Waals surface area contributed by atoms with Gasteiger partial charge in [0.2, 0.25) is 10.0 Å². The molecule has 0 N–H and O–H groups in total. The third kappa shape index (κ3) is 2.47. The summed E-state index contributed by atoms with van der Waals surface area (Å²) in [7, 11) is -3.51. The molecule has 20 heavy (non-hydrogen) atoms. The van der Waals surface area contributed by atoms with E-state index < -0.39 is 15.7 Å². The molecule has 2 heterocycles. The van der Waals surface area contributed by atoms with E-state index in [-0.39, 0.29) is 20.4 Å². The van der Waals surface area contributed by atoms with Gasteiger partial charge in [0.15, 0.2) is 0 Å². The van der Waals surface area contributed by atoms with Gasteiger partial charge in [0, 0.05) is 27.0 Å². The van der Waals surface area contributed by atoms with Gasteiger partial charge in [0.1, 0.15) is 0 Å². The zero-order valence-electron chi connectivity index (χ0n) is 11.1. The maximum absolute atomic E-state index is 12.7. The van der Waals surface area contributed by atoms with Gasteiger partial charge in [-0.25, -0.2) is 14.5 Å². The van der Waals surface area contributed by atoms with Crippen LogP contribution in [0.25, 0.3) is 0 Å². The average molecular weight is 385 g/mol. The molecule has 1 aromatic carbocycles. The zero-order chi connectivity index (χ0) is 13.5. The van der Waals surface area contributed by atoms with Gasteiger partial charge in [-0.2, -0.15) is 10.4 Å². The molecule has 0 bridgehead atoms. The van der Waals surface area contributed by atoms with E-state index in [1.54, 1.807) is 24.8 Å². The fourth-order valence-electron chi connectivity index (χ4n) is 2.62. The minimum Gasteiger partial charge on any atom is -0.435 e. The Morgan fingerprint density at radius 3 is 2.60 bits per heavy atom. The van der Waals surface area contributed by atoms with Crippen LogP contribution >= 0.6 is 0 Å². The second kappa shape index (κ2) is 5.63. The van der Waals surface area contributed by atoms with Crippen molar-refractivity contribution in [2.45, 2.75) is 30.4 Å². The first-order valence-corrected chi connectivity index (χ1v) is 7.77. The van der Waals surface area contributed by atoms with Crippen LogP contribution in [0, 0.1) is 13.5 Å². The summed E-state index contributed by atoms with van der Waals surface area (Å²) >= 11 is 0. The van der Waals surface area contributed by atoms with Gasteiger partial charge in [0.25, 0.3) is 0 Å². The number of benzene rings is 1. The number of hydrogen-bond donors (Lipinski definition) is 0. The molecule has 2 aliphatic rings. The maximum atomic E-state index is 12.7. The van der Waals surface area contributed by atoms with Crippen LogP contribution in [0.5, 0.6) is 0 Å². The van der Waals surface area contributed by atoms with Gasteiger partial charge in [-0.05, 0) is 31.9 Å². The Labute approximate surface area is 133 Å². The molecule has 112 valence electrons. The van der Waals surface area contributed by atoms with E-state index in [9.17, 15) is 8.42 Å². The normalized spacial score (nSPS) is 25.6. The molecular weight excluding hydrogens is 369 g/mol. The van der Waals surface area contributed by atoms with Crippen LogP contribution in [0.4, 0.5) is 0 Å². The molecule has 1 aromatic rings.